The van der Waals surface area contributed by atoms with E-state index in [-0.39, 0.29) is 17.5 Å². The number of rotatable bonds is 8. The Bertz CT molecular complexity index is 538. The van der Waals surface area contributed by atoms with Crippen LogP contribution in [-0.4, -0.2) is 24.0 Å². The first-order valence-corrected chi connectivity index (χ1v) is 10.5. The van der Waals surface area contributed by atoms with Crippen LogP contribution < -0.4 is 5.32 Å². The third-order valence-corrected chi connectivity index (χ3v) is 6.78. The summed E-state index contributed by atoms with van der Waals surface area (Å²) >= 11 is 0. The fourth-order valence-corrected chi connectivity index (χ4v) is 6.01. The van der Waals surface area contributed by atoms with Gasteiger partial charge >= 0.3 is 5.97 Å². The Morgan fingerprint density at radius 1 is 1.12 bits per heavy atom. The molecule has 4 aliphatic rings. The molecule has 1 amide bonds. The first kappa shape index (κ1) is 19.4. The van der Waals surface area contributed by atoms with E-state index in [1.807, 2.05) is 0 Å². The van der Waals surface area contributed by atoms with Crippen LogP contribution in [0.3, 0.4) is 0 Å². The number of amides is 1. The predicted molar refractivity (Wildman–Crippen MR) is 102 cm³/mol. The third kappa shape index (κ3) is 3.99. The van der Waals surface area contributed by atoms with Gasteiger partial charge in [0.25, 0.3) is 0 Å². The molecule has 0 aromatic carbocycles. The van der Waals surface area contributed by atoms with Crippen LogP contribution in [0.1, 0.15) is 72.1 Å². The molecule has 0 heterocycles. The minimum atomic E-state index is -0.223. The summed E-state index contributed by atoms with van der Waals surface area (Å²) in [5.74, 6) is 3.18. The predicted octanol–water partition coefficient (Wildman–Crippen LogP) is 4.24. The van der Waals surface area contributed by atoms with Crippen molar-refractivity contribution in [2.24, 2.45) is 29.6 Å². The zero-order chi connectivity index (χ0) is 18.9. The van der Waals surface area contributed by atoms with Gasteiger partial charge in [-0.25, -0.2) is 0 Å². The van der Waals surface area contributed by atoms with Gasteiger partial charge in [-0.15, -0.1) is 0 Å². The quantitative estimate of drug-likeness (QED) is 0.400. The minimum Gasteiger partial charge on any atom is -0.458 e. The molecule has 146 valence electrons. The molecular weight excluding hydrogens is 326 g/mol. The van der Waals surface area contributed by atoms with Gasteiger partial charge in [-0.3, -0.25) is 9.59 Å². The Kier molecular flexibility index (Phi) is 5.78. The lowest BCUT2D eigenvalue weighted by Gasteiger charge is -2.60. The van der Waals surface area contributed by atoms with E-state index in [4.69, 9.17) is 4.74 Å². The fraction of sp³-hybridized carbons (Fsp3) is 0.818. The summed E-state index contributed by atoms with van der Waals surface area (Å²) in [5.41, 5.74) is 0.275. The first-order valence-electron chi connectivity index (χ1n) is 10.5. The second-order valence-corrected chi connectivity index (χ2v) is 9.47. The van der Waals surface area contributed by atoms with E-state index < -0.39 is 0 Å². The van der Waals surface area contributed by atoms with Crippen molar-refractivity contribution in [3.63, 3.8) is 0 Å². The van der Waals surface area contributed by atoms with Gasteiger partial charge in [-0.2, -0.15) is 0 Å². The van der Waals surface area contributed by atoms with Crippen molar-refractivity contribution in [2.45, 2.75) is 77.7 Å². The molecule has 1 N–H and O–H groups in total. The lowest BCUT2D eigenvalue weighted by Crippen LogP contribution is -2.60. The highest BCUT2D eigenvalue weighted by atomic mass is 16.6. The van der Waals surface area contributed by atoms with E-state index in [0.29, 0.717) is 42.7 Å². The lowest BCUT2D eigenvalue weighted by molar-refractivity contribution is -0.215. The summed E-state index contributed by atoms with van der Waals surface area (Å²) in [5, 5.41) is 2.79. The van der Waals surface area contributed by atoms with Crippen LogP contribution in [0.25, 0.3) is 0 Å². The van der Waals surface area contributed by atoms with Crippen LogP contribution in [0.15, 0.2) is 12.2 Å². The summed E-state index contributed by atoms with van der Waals surface area (Å²) in [7, 11) is 0. The largest absolute Gasteiger partial charge is 0.458 e. The lowest BCUT2D eigenvalue weighted by atomic mass is 9.48. The van der Waals surface area contributed by atoms with E-state index in [1.165, 1.54) is 32.1 Å². The molecule has 4 nitrogen and oxygen atoms in total. The van der Waals surface area contributed by atoms with Gasteiger partial charge in [0, 0.05) is 18.5 Å². The normalized spacial score (nSPS) is 34.8. The number of carbonyl (C=O) groups is 2. The van der Waals surface area contributed by atoms with E-state index in [2.05, 4.69) is 25.7 Å². The van der Waals surface area contributed by atoms with Crippen LogP contribution >= 0.6 is 0 Å². The van der Waals surface area contributed by atoms with Gasteiger partial charge in [-0.05, 0) is 81.5 Å². The van der Waals surface area contributed by atoms with E-state index >= 15 is 0 Å². The standard InChI is InChI=1S/C22H35NO3/c1-14(2)13-22(18-9-16-8-17(11-18)12-19(22)10-16)26-20(24)6-5-7-23-21(25)15(3)4/h14,16-19H,3,5-13H2,1-2,4H3,(H,23,25). The van der Waals surface area contributed by atoms with Crippen LogP contribution in [0.4, 0.5) is 0 Å². The van der Waals surface area contributed by atoms with E-state index in [0.717, 1.165) is 18.3 Å². The highest BCUT2D eigenvalue weighted by Gasteiger charge is 2.59. The van der Waals surface area contributed by atoms with Crippen molar-refractivity contribution < 1.29 is 14.3 Å². The number of hydrogen-bond acceptors (Lipinski definition) is 3. The van der Waals surface area contributed by atoms with Gasteiger partial charge < -0.3 is 10.1 Å². The molecule has 4 rings (SSSR count). The Labute approximate surface area is 158 Å². The number of nitrogens with one attached hydrogen (secondary N) is 1. The second-order valence-electron chi connectivity index (χ2n) is 9.47. The average molecular weight is 362 g/mol. The molecule has 0 radical (unpaired) electrons. The summed E-state index contributed by atoms with van der Waals surface area (Å²) in [6.45, 7) is 10.3. The number of ether oxygens (including phenoxy) is 1. The van der Waals surface area contributed by atoms with Gasteiger partial charge in [0.1, 0.15) is 5.60 Å². The Morgan fingerprint density at radius 2 is 1.69 bits per heavy atom. The maximum atomic E-state index is 12.6. The van der Waals surface area contributed by atoms with Crippen LogP contribution in [0.2, 0.25) is 0 Å². The fourth-order valence-electron chi connectivity index (χ4n) is 6.01. The molecule has 4 fully saturated rings. The number of carbonyl (C=O) groups excluding carboxylic acids is 2. The second kappa shape index (κ2) is 7.74. The smallest absolute Gasteiger partial charge is 0.306 e. The zero-order valence-corrected chi connectivity index (χ0v) is 16.7. The van der Waals surface area contributed by atoms with Crippen molar-refractivity contribution >= 4 is 11.9 Å². The SMILES string of the molecule is C=C(C)C(=O)NCCCC(=O)OC1(CC(C)C)C2CC3CC(C2)CC1C3. The minimum absolute atomic E-state index is 0.0808. The molecule has 0 aliphatic heterocycles. The summed E-state index contributed by atoms with van der Waals surface area (Å²) in [6.07, 6.45) is 8.41. The Hall–Kier alpha value is -1.32. The van der Waals surface area contributed by atoms with Crippen molar-refractivity contribution in [2.75, 3.05) is 6.54 Å². The van der Waals surface area contributed by atoms with Crippen LogP contribution in [-0.2, 0) is 14.3 Å². The highest BCUT2D eigenvalue weighted by Crippen LogP contribution is 2.61. The van der Waals surface area contributed by atoms with Gasteiger partial charge in [0.15, 0.2) is 0 Å². The molecule has 4 aliphatic carbocycles. The van der Waals surface area contributed by atoms with E-state index in [9.17, 15) is 9.59 Å². The topological polar surface area (TPSA) is 55.4 Å². The average Bonchev–Trinajstić information content (AvgIpc) is 2.55. The molecule has 0 aromatic heterocycles. The van der Waals surface area contributed by atoms with Crippen LogP contribution in [0.5, 0.6) is 0 Å². The van der Waals surface area contributed by atoms with E-state index in [1.54, 1.807) is 6.92 Å². The number of esters is 1. The molecular formula is C22H35NO3. The van der Waals surface area contributed by atoms with Gasteiger partial charge in [0.2, 0.25) is 5.91 Å². The Balaban J connectivity index is 1.58. The molecule has 4 saturated carbocycles. The molecule has 4 heteroatoms. The molecule has 26 heavy (non-hydrogen) atoms. The maximum absolute atomic E-state index is 12.6. The van der Waals surface area contributed by atoms with Crippen LogP contribution in [0, 0.1) is 29.6 Å². The first-order chi connectivity index (χ1) is 12.3. The molecule has 0 unspecified atom stereocenters. The Morgan fingerprint density at radius 3 is 2.19 bits per heavy atom. The van der Waals surface area contributed by atoms with Gasteiger partial charge in [0.05, 0.1) is 0 Å². The summed E-state index contributed by atoms with van der Waals surface area (Å²) < 4.78 is 6.31. The monoisotopic (exact) mass is 361 g/mol. The third-order valence-electron chi connectivity index (χ3n) is 6.78. The van der Waals surface area contributed by atoms with Crippen molar-refractivity contribution in [1.29, 1.82) is 0 Å². The summed E-state index contributed by atoms with van der Waals surface area (Å²) in [6, 6.07) is 0. The number of hydrogen-bond donors (Lipinski definition) is 1. The maximum Gasteiger partial charge on any atom is 0.306 e. The summed E-state index contributed by atoms with van der Waals surface area (Å²) in [4.78, 5) is 24.2. The van der Waals surface area contributed by atoms with Crippen molar-refractivity contribution in [3.8, 4) is 0 Å². The molecule has 0 aromatic rings. The molecule has 0 saturated heterocycles. The molecule has 0 atom stereocenters. The molecule has 0 spiro atoms. The molecule has 4 bridgehead atoms. The highest BCUT2D eigenvalue weighted by molar-refractivity contribution is 5.92. The van der Waals surface area contributed by atoms with Crippen molar-refractivity contribution in [3.05, 3.63) is 12.2 Å². The zero-order valence-electron chi connectivity index (χ0n) is 16.7. The van der Waals surface area contributed by atoms with Gasteiger partial charge in [-0.1, -0.05) is 20.4 Å². The van der Waals surface area contributed by atoms with Crippen molar-refractivity contribution in [1.82, 2.24) is 5.32 Å².